The number of rotatable bonds is 4. The molecule has 1 aromatic carbocycles. The number of aromatic carboxylic acids is 1. The second-order valence-corrected chi connectivity index (χ2v) is 5.77. The molecule has 0 aliphatic heterocycles. The number of hydrogen-bond acceptors (Lipinski definition) is 2. The highest BCUT2D eigenvalue weighted by Gasteiger charge is 2.17. The fourth-order valence-corrected chi connectivity index (χ4v) is 2.46. The molecule has 0 atom stereocenters. The Morgan fingerprint density at radius 1 is 1.29 bits per heavy atom. The first-order chi connectivity index (χ1) is 9.90. The molecule has 5 nitrogen and oxygen atoms in total. The van der Waals surface area contributed by atoms with Gasteiger partial charge in [-0.05, 0) is 48.0 Å². The Hall–Kier alpha value is -2.08. The lowest BCUT2D eigenvalue weighted by Gasteiger charge is -2.13. The molecular formula is C15H15BrN2O3. The molecule has 110 valence electrons. The van der Waals surface area contributed by atoms with Crippen molar-refractivity contribution in [3.05, 3.63) is 52.3 Å². The van der Waals surface area contributed by atoms with Gasteiger partial charge in [-0.3, -0.25) is 4.79 Å². The lowest BCUT2D eigenvalue weighted by atomic mass is 10.1. The highest BCUT2D eigenvalue weighted by molar-refractivity contribution is 9.10. The maximum atomic E-state index is 12.4. The average Bonchev–Trinajstić information content (AvgIpc) is 2.81. The van der Waals surface area contributed by atoms with Crippen LogP contribution in [0.4, 0.5) is 5.69 Å². The molecule has 2 aromatic rings. The van der Waals surface area contributed by atoms with Crippen LogP contribution in [-0.4, -0.2) is 21.6 Å². The van der Waals surface area contributed by atoms with E-state index in [1.165, 1.54) is 6.07 Å². The van der Waals surface area contributed by atoms with Crippen LogP contribution in [0.3, 0.4) is 0 Å². The molecule has 1 aromatic heterocycles. The molecule has 0 radical (unpaired) electrons. The SMILES string of the molecule is CC(C)n1cc(Br)cc1C(=O)Nc1ccccc1C(=O)O. The van der Waals surface area contributed by atoms with Gasteiger partial charge < -0.3 is 15.0 Å². The normalized spacial score (nSPS) is 10.7. The Kier molecular flexibility index (Phi) is 4.47. The van der Waals surface area contributed by atoms with Crippen molar-refractivity contribution in [2.75, 3.05) is 5.32 Å². The highest BCUT2D eigenvalue weighted by Crippen LogP contribution is 2.22. The zero-order valence-corrected chi connectivity index (χ0v) is 13.2. The van der Waals surface area contributed by atoms with E-state index in [2.05, 4.69) is 21.2 Å². The van der Waals surface area contributed by atoms with Crippen LogP contribution in [0.1, 0.15) is 40.7 Å². The van der Waals surface area contributed by atoms with Crippen molar-refractivity contribution in [2.45, 2.75) is 19.9 Å². The summed E-state index contributed by atoms with van der Waals surface area (Å²) in [6, 6.07) is 8.14. The number of para-hydroxylation sites is 1. The predicted molar refractivity (Wildman–Crippen MR) is 83.9 cm³/mol. The van der Waals surface area contributed by atoms with Gasteiger partial charge in [-0.25, -0.2) is 4.79 Å². The van der Waals surface area contributed by atoms with Crippen molar-refractivity contribution in [2.24, 2.45) is 0 Å². The van der Waals surface area contributed by atoms with Crippen LogP contribution in [0.25, 0.3) is 0 Å². The van der Waals surface area contributed by atoms with E-state index >= 15 is 0 Å². The van der Waals surface area contributed by atoms with E-state index in [0.717, 1.165) is 4.47 Å². The number of nitrogens with zero attached hydrogens (tertiary/aromatic N) is 1. The van der Waals surface area contributed by atoms with Crippen molar-refractivity contribution in [3.8, 4) is 0 Å². The zero-order valence-electron chi connectivity index (χ0n) is 11.6. The van der Waals surface area contributed by atoms with Gasteiger partial charge in [0.15, 0.2) is 0 Å². The minimum absolute atomic E-state index is 0.0626. The van der Waals surface area contributed by atoms with E-state index in [1.807, 2.05) is 24.6 Å². The molecule has 0 aliphatic rings. The first-order valence-electron chi connectivity index (χ1n) is 6.41. The number of benzene rings is 1. The van der Waals surface area contributed by atoms with Crippen molar-refractivity contribution in [1.29, 1.82) is 0 Å². The Morgan fingerprint density at radius 3 is 2.57 bits per heavy atom. The number of carboxylic acid groups (broad SMARTS) is 1. The minimum atomic E-state index is -1.08. The van der Waals surface area contributed by atoms with Gasteiger partial charge in [-0.15, -0.1) is 0 Å². The highest BCUT2D eigenvalue weighted by atomic mass is 79.9. The predicted octanol–water partition coefficient (Wildman–Crippen LogP) is 3.78. The molecule has 0 saturated heterocycles. The van der Waals surface area contributed by atoms with Gasteiger partial charge >= 0.3 is 5.97 Å². The molecule has 0 bridgehead atoms. The molecule has 0 unspecified atom stereocenters. The summed E-state index contributed by atoms with van der Waals surface area (Å²) in [5.41, 5.74) is 0.812. The van der Waals surface area contributed by atoms with Gasteiger partial charge in [0.1, 0.15) is 5.69 Å². The van der Waals surface area contributed by atoms with Gasteiger partial charge in [0.05, 0.1) is 11.3 Å². The van der Waals surface area contributed by atoms with Gasteiger partial charge in [0.25, 0.3) is 5.91 Å². The van der Waals surface area contributed by atoms with Crippen LogP contribution in [0, 0.1) is 0 Å². The van der Waals surface area contributed by atoms with Gasteiger partial charge in [0.2, 0.25) is 0 Å². The van der Waals surface area contributed by atoms with Crippen molar-refractivity contribution >= 4 is 33.5 Å². The molecule has 2 rings (SSSR count). The third kappa shape index (κ3) is 3.33. The lowest BCUT2D eigenvalue weighted by molar-refractivity contribution is 0.0698. The van der Waals surface area contributed by atoms with Crippen LogP contribution in [0.15, 0.2) is 41.0 Å². The number of carboxylic acids is 1. The fourth-order valence-electron chi connectivity index (χ4n) is 2.02. The lowest BCUT2D eigenvalue weighted by Crippen LogP contribution is -2.19. The number of anilines is 1. The fraction of sp³-hybridized carbons (Fsp3) is 0.200. The van der Waals surface area contributed by atoms with Crippen LogP contribution < -0.4 is 5.32 Å². The maximum absolute atomic E-state index is 12.4. The summed E-state index contributed by atoms with van der Waals surface area (Å²) in [6.07, 6.45) is 1.82. The van der Waals surface area contributed by atoms with E-state index in [9.17, 15) is 9.59 Å². The molecule has 0 aliphatic carbocycles. The topological polar surface area (TPSA) is 71.3 Å². The number of carbonyl (C=O) groups is 2. The minimum Gasteiger partial charge on any atom is -0.478 e. The van der Waals surface area contributed by atoms with E-state index in [0.29, 0.717) is 5.69 Å². The number of aromatic nitrogens is 1. The second-order valence-electron chi connectivity index (χ2n) is 4.85. The van der Waals surface area contributed by atoms with E-state index in [1.54, 1.807) is 24.3 Å². The number of nitrogens with one attached hydrogen (secondary N) is 1. The number of halogens is 1. The molecule has 1 heterocycles. The van der Waals surface area contributed by atoms with Crippen LogP contribution in [0.5, 0.6) is 0 Å². The summed E-state index contributed by atoms with van der Waals surface area (Å²) in [7, 11) is 0. The van der Waals surface area contributed by atoms with Crippen molar-refractivity contribution < 1.29 is 14.7 Å². The first-order valence-corrected chi connectivity index (χ1v) is 7.20. The van der Waals surface area contributed by atoms with E-state index in [-0.39, 0.29) is 23.2 Å². The third-order valence-electron chi connectivity index (χ3n) is 3.01. The summed E-state index contributed by atoms with van der Waals surface area (Å²) in [5, 5.41) is 11.8. The van der Waals surface area contributed by atoms with Gasteiger partial charge in [-0.1, -0.05) is 12.1 Å². The summed E-state index contributed by atoms with van der Waals surface area (Å²) in [4.78, 5) is 23.5. The van der Waals surface area contributed by atoms with Crippen molar-refractivity contribution in [3.63, 3.8) is 0 Å². The molecule has 2 N–H and O–H groups in total. The molecule has 1 amide bonds. The molecule has 6 heteroatoms. The van der Waals surface area contributed by atoms with Crippen LogP contribution in [-0.2, 0) is 0 Å². The summed E-state index contributed by atoms with van der Waals surface area (Å²) in [6.45, 7) is 3.93. The smallest absolute Gasteiger partial charge is 0.337 e. The number of carbonyl (C=O) groups excluding carboxylic acids is 1. The molecule has 21 heavy (non-hydrogen) atoms. The standard InChI is InChI=1S/C15H15BrN2O3/c1-9(2)18-8-10(16)7-13(18)14(19)17-12-6-4-3-5-11(12)15(20)21/h3-9H,1-2H3,(H,17,19)(H,20,21). The summed E-state index contributed by atoms with van der Waals surface area (Å²) >= 11 is 3.35. The Morgan fingerprint density at radius 2 is 1.95 bits per heavy atom. The zero-order chi connectivity index (χ0) is 15.6. The quantitative estimate of drug-likeness (QED) is 0.881. The Labute approximate surface area is 130 Å². The summed E-state index contributed by atoms with van der Waals surface area (Å²) < 4.78 is 2.62. The molecular weight excluding hydrogens is 336 g/mol. The van der Waals surface area contributed by atoms with Crippen LogP contribution >= 0.6 is 15.9 Å². The van der Waals surface area contributed by atoms with Crippen molar-refractivity contribution in [1.82, 2.24) is 4.57 Å². The second kappa shape index (κ2) is 6.13. The number of amides is 1. The van der Waals surface area contributed by atoms with E-state index in [4.69, 9.17) is 5.11 Å². The third-order valence-corrected chi connectivity index (χ3v) is 3.44. The Bertz CT molecular complexity index is 692. The number of hydrogen-bond donors (Lipinski definition) is 2. The van der Waals surface area contributed by atoms with Crippen LogP contribution in [0.2, 0.25) is 0 Å². The molecule has 0 saturated carbocycles. The maximum Gasteiger partial charge on any atom is 0.337 e. The van der Waals surface area contributed by atoms with E-state index < -0.39 is 5.97 Å². The largest absolute Gasteiger partial charge is 0.478 e. The average molecular weight is 351 g/mol. The van der Waals surface area contributed by atoms with Gasteiger partial charge in [0, 0.05) is 16.7 Å². The van der Waals surface area contributed by atoms with Gasteiger partial charge in [-0.2, -0.15) is 0 Å². The summed E-state index contributed by atoms with van der Waals surface area (Å²) in [5.74, 6) is -1.42. The Balaban J connectivity index is 2.33. The monoisotopic (exact) mass is 350 g/mol. The first kappa shape index (κ1) is 15.3. The molecule has 0 spiro atoms. The molecule has 0 fully saturated rings.